The molecular weight excluding hydrogens is 345 g/mol. The van der Waals surface area contributed by atoms with Crippen molar-refractivity contribution in [2.24, 2.45) is 0 Å². The van der Waals surface area contributed by atoms with E-state index in [4.69, 9.17) is 4.74 Å². The maximum Gasteiger partial charge on any atom is 0.422 e. The number of hydrazine groups is 1. The van der Waals surface area contributed by atoms with E-state index in [0.717, 1.165) is 12.0 Å². The summed E-state index contributed by atoms with van der Waals surface area (Å²) in [6.07, 6.45) is 0.552. The molecule has 2 bridgehead atoms. The molecule has 5 nitrogen and oxygen atoms in total. The second-order valence-corrected chi connectivity index (χ2v) is 9.38. The van der Waals surface area contributed by atoms with Crippen LogP contribution in [0.1, 0.15) is 59.4 Å². The van der Waals surface area contributed by atoms with Gasteiger partial charge in [-0.2, -0.15) is 0 Å². The Hall–Kier alpha value is -1.66. The van der Waals surface area contributed by atoms with E-state index in [-0.39, 0.29) is 11.6 Å². The summed E-state index contributed by atoms with van der Waals surface area (Å²) in [5, 5.41) is 5.22. The van der Waals surface area contributed by atoms with Crippen molar-refractivity contribution in [1.29, 1.82) is 0 Å². The molecule has 0 unspecified atom stereocenters. The Kier molecular flexibility index (Phi) is 5.25. The molecule has 2 aliphatic rings. The molecule has 0 aromatic heterocycles. The summed E-state index contributed by atoms with van der Waals surface area (Å²) in [6.45, 7) is 10.1. The van der Waals surface area contributed by atoms with Crippen molar-refractivity contribution in [3.63, 3.8) is 0 Å². The SMILES string of the molecule is CC(C)(C)OC(=O)NN1[C@]2(C)CC[C@@]1(C)[C@H](F)[C@H](NCc1ccccc1)C2. The smallest absolute Gasteiger partial charge is 0.422 e. The number of piperidine rings is 1. The van der Waals surface area contributed by atoms with Gasteiger partial charge in [0.25, 0.3) is 0 Å². The third kappa shape index (κ3) is 4.11. The molecule has 4 atom stereocenters. The van der Waals surface area contributed by atoms with Crippen LogP contribution in [0.2, 0.25) is 0 Å². The van der Waals surface area contributed by atoms with Crippen LogP contribution in [0.5, 0.6) is 0 Å². The molecule has 1 aromatic carbocycles. The van der Waals surface area contributed by atoms with Crippen LogP contribution < -0.4 is 10.7 Å². The first-order chi connectivity index (χ1) is 12.5. The van der Waals surface area contributed by atoms with Crippen LogP contribution in [-0.2, 0) is 11.3 Å². The first-order valence-electron chi connectivity index (χ1n) is 9.75. The fourth-order valence-electron chi connectivity index (χ4n) is 4.50. The van der Waals surface area contributed by atoms with Gasteiger partial charge >= 0.3 is 6.09 Å². The standard InChI is InChI=1S/C21H32FN3O2/c1-19(2,3)27-18(26)24-25-20(4)11-12-21(25,5)17(22)16(13-20)23-14-15-9-7-6-8-10-15/h6-10,16-17,23H,11-14H2,1-5H3,(H,24,26)/t16-,17-,20-,21+/m1/s1. The fourth-order valence-corrected chi connectivity index (χ4v) is 4.50. The first kappa shape index (κ1) is 20.1. The number of carbonyl (C=O) groups is 1. The van der Waals surface area contributed by atoms with Gasteiger partial charge in [0.05, 0.1) is 5.54 Å². The average molecular weight is 378 g/mol. The molecule has 2 heterocycles. The zero-order valence-electron chi connectivity index (χ0n) is 17.0. The number of benzene rings is 1. The van der Waals surface area contributed by atoms with Gasteiger partial charge in [0.15, 0.2) is 0 Å². The van der Waals surface area contributed by atoms with Crippen molar-refractivity contribution < 1.29 is 13.9 Å². The van der Waals surface area contributed by atoms with Gasteiger partial charge in [0, 0.05) is 18.1 Å². The normalized spacial score (nSPS) is 33.7. The third-order valence-electron chi connectivity index (χ3n) is 5.84. The summed E-state index contributed by atoms with van der Waals surface area (Å²) in [4.78, 5) is 12.3. The van der Waals surface area contributed by atoms with Crippen molar-refractivity contribution in [1.82, 2.24) is 15.8 Å². The molecule has 0 saturated carbocycles. The van der Waals surface area contributed by atoms with E-state index in [1.54, 1.807) is 0 Å². The number of ether oxygens (including phenoxy) is 1. The molecule has 0 aliphatic carbocycles. The van der Waals surface area contributed by atoms with Gasteiger partial charge in [-0.3, -0.25) is 5.43 Å². The summed E-state index contributed by atoms with van der Waals surface area (Å²) >= 11 is 0. The summed E-state index contributed by atoms with van der Waals surface area (Å²) in [6, 6.07) is 9.78. The van der Waals surface area contributed by atoms with Crippen molar-refractivity contribution in [2.45, 2.75) is 89.3 Å². The second kappa shape index (κ2) is 7.06. The number of fused-ring (bicyclic) bond motifs is 2. The topological polar surface area (TPSA) is 53.6 Å². The number of nitrogens with one attached hydrogen (secondary N) is 2. The number of hydrogen-bond donors (Lipinski definition) is 2. The Morgan fingerprint density at radius 2 is 1.93 bits per heavy atom. The lowest BCUT2D eigenvalue weighted by molar-refractivity contribution is -0.0952. The maximum atomic E-state index is 15.5. The van der Waals surface area contributed by atoms with Crippen molar-refractivity contribution in [2.75, 3.05) is 0 Å². The van der Waals surface area contributed by atoms with Gasteiger partial charge in [0.1, 0.15) is 11.8 Å². The molecular formula is C21H32FN3O2. The van der Waals surface area contributed by atoms with E-state index in [1.165, 1.54) is 0 Å². The van der Waals surface area contributed by atoms with E-state index in [1.807, 2.05) is 63.0 Å². The zero-order chi connectivity index (χ0) is 19.9. The monoisotopic (exact) mass is 377 g/mol. The molecule has 1 aromatic rings. The molecule has 2 N–H and O–H groups in total. The van der Waals surface area contributed by atoms with Crippen molar-refractivity contribution in [3.8, 4) is 0 Å². The average Bonchev–Trinajstić information content (AvgIpc) is 2.77. The molecule has 6 heteroatoms. The van der Waals surface area contributed by atoms with Crippen LogP contribution in [-0.4, -0.2) is 40.0 Å². The van der Waals surface area contributed by atoms with Crippen LogP contribution >= 0.6 is 0 Å². The third-order valence-corrected chi connectivity index (χ3v) is 5.84. The van der Waals surface area contributed by atoms with E-state index < -0.39 is 23.4 Å². The van der Waals surface area contributed by atoms with Crippen LogP contribution in [0.3, 0.4) is 0 Å². The summed E-state index contributed by atoms with van der Waals surface area (Å²) in [5.74, 6) is 0. The lowest BCUT2D eigenvalue weighted by Gasteiger charge is -2.52. The van der Waals surface area contributed by atoms with E-state index in [9.17, 15) is 4.79 Å². The minimum absolute atomic E-state index is 0.251. The van der Waals surface area contributed by atoms with E-state index >= 15 is 4.39 Å². The Balaban J connectivity index is 1.71. The zero-order valence-corrected chi connectivity index (χ0v) is 17.0. The number of rotatable bonds is 4. The summed E-state index contributed by atoms with van der Waals surface area (Å²) < 4.78 is 20.9. The highest BCUT2D eigenvalue weighted by atomic mass is 19.1. The molecule has 150 valence electrons. The summed E-state index contributed by atoms with van der Waals surface area (Å²) in [5.41, 5.74) is 2.35. The Labute approximate surface area is 161 Å². The number of carbonyl (C=O) groups excluding carboxylic acids is 1. The van der Waals surface area contributed by atoms with Crippen LogP contribution in [0.25, 0.3) is 0 Å². The fraction of sp³-hybridized carbons (Fsp3) is 0.667. The number of amides is 1. The number of nitrogens with zero attached hydrogens (tertiary/aromatic N) is 1. The molecule has 1 amide bonds. The minimum atomic E-state index is -1.09. The number of alkyl halides is 1. The molecule has 27 heavy (non-hydrogen) atoms. The highest BCUT2D eigenvalue weighted by Crippen LogP contribution is 2.50. The predicted molar refractivity (Wildman–Crippen MR) is 104 cm³/mol. The molecule has 2 saturated heterocycles. The van der Waals surface area contributed by atoms with Crippen molar-refractivity contribution >= 4 is 6.09 Å². The van der Waals surface area contributed by atoms with Gasteiger partial charge in [-0.15, -0.1) is 0 Å². The van der Waals surface area contributed by atoms with Crippen LogP contribution in [0, 0.1) is 0 Å². The van der Waals surface area contributed by atoms with Gasteiger partial charge in [-0.25, -0.2) is 14.2 Å². The molecule has 0 radical (unpaired) electrons. The van der Waals surface area contributed by atoms with Gasteiger partial charge in [0.2, 0.25) is 0 Å². The largest absolute Gasteiger partial charge is 0.443 e. The lowest BCUT2D eigenvalue weighted by atomic mass is 9.82. The van der Waals surface area contributed by atoms with E-state index in [2.05, 4.69) is 17.7 Å². The Morgan fingerprint density at radius 1 is 1.26 bits per heavy atom. The quantitative estimate of drug-likeness (QED) is 0.835. The summed E-state index contributed by atoms with van der Waals surface area (Å²) in [7, 11) is 0. The van der Waals surface area contributed by atoms with Crippen molar-refractivity contribution in [3.05, 3.63) is 35.9 Å². The van der Waals surface area contributed by atoms with Crippen LogP contribution in [0.15, 0.2) is 30.3 Å². The molecule has 2 fully saturated rings. The first-order valence-corrected chi connectivity index (χ1v) is 9.75. The lowest BCUT2D eigenvalue weighted by Crippen LogP contribution is -2.71. The highest BCUT2D eigenvalue weighted by Gasteiger charge is 2.62. The number of hydrogen-bond acceptors (Lipinski definition) is 4. The highest BCUT2D eigenvalue weighted by molar-refractivity contribution is 5.67. The molecule has 0 spiro atoms. The van der Waals surface area contributed by atoms with Gasteiger partial charge < -0.3 is 10.1 Å². The Morgan fingerprint density at radius 3 is 2.56 bits per heavy atom. The second-order valence-electron chi connectivity index (χ2n) is 9.38. The predicted octanol–water partition coefficient (Wildman–Crippen LogP) is 3.94. The van der Waals surface area contributed by atoms with Gasteiger partial charge in [-0.1, -0.05) is 30.3 Å². The minimum Gasteiger partial charge on any atom is -0.443 e. The number of halogens is 1. The molecule has 2 aliphatic heterocycles. The Bertz CT molecular complexity index is 678. The maximum absolute atomic E-state index is 15.5. The van der Waals surface area contributed by atoms with E-state index in [0.29, 0.717) is 19.4 Å². The van der Waals surface area contributed by atoms with Gasteiger partial charge in [-0.05, 0) is 59.4 Å². The molecule has 3 rings (SSSR count). The van der Waals surface area contributed by atoms with Crippen LogP contribution in [0.4, 0.5) is 9.18 Å².